The van der Waals surface area contributed by atoms with Gasteiger partial charge in [0.25, 0.3) is 0 Å². The molecular weight excluding hydrogens is 313 g/mol. The summed E-state index contributed by atoms with van der Waals surface area (Å²) in [5, 5.41) is 2.83. The molecule has 1 aliphatic heterocycles. The smallest absolute Gasteiger partial charge is 0.220 e. The molecule has 1 atom stereocenters. The summed E-state index contributed by atoms with van der Waals surface area (Å²) >= 11 is 3.21. The molecule has 0 saturated carbocycles. The fourth-order valence-electron chi connectivity index (χ4n) is 2.09. The minimum absolute atomic E-state index is 0.0576. The number of benzene rings is 1. The van der Waals surface area contributed by atoms with Crippen LogP contribution < -0.4 is 5.32 Å². The lowest BCUT2D eigenvalue weighted by Gasteiger charge is -2.10. The second-order valence-electron chi connectivity index (χ2n) is 4.67. The maximum Gasteiger partial charge on any atom is 0.220 e. The molecule has 1 aromatic carbocycles. The Labute approximate surface area is 120 Å². The Morgan fingerprint density at radius 1 is 1.53 bits per heavy atom. The Bertz CT molecular complexity index is 447. The van der Waals surface area contributed by atoms with Gasteiger partial charge in [-0.3, -0.25) is 4.79 Å². The molecule has 0 radical (unpaired) electrons. The number of amides is 1. The molecule has 0 aliphatic carbocycles. The van der Waals surface area contributed by atoms with Crippen molar-refractivity contribution in [3.8, 4) is 0 Å². The molecule has 0 aromatic heterocycles. The molecule has 0 bridgehead atoms. The van der Waals surface area contributed by atoms with Gasteiger partial charge in [-0.1, -0.05) is 22.0 Å². The van der Waals surface area contributed by atoms with Crippen LogP contribution in [0.1, 0.15) is 24.8 Å². The van der Waals surface area contributed by atoms with Crippen LogP contribution in [0, 0.1) is 5.82 Å². The standard InChI is InChI=1S/C14H17BrFNO2/c15-11-5-3-10(13(16)8-11)4-6-14(18)17-9-12-2-1-7-19-12/h3,5,8,12H,1-2,4,6-7,9H2,(H,17,18)/t12-/m0/s1. The van der Waals surface area contributed by atoms with Crippen molar-refractivity contribution in [3.05, 3.63) is 34.1 Å². The van der Waals surface area contributed by atoms with E-state index in [0.29, 0.717) is 29.4 Å². The van der Waals surface area contributed by atoms with Crippen LogP contribution in [0.2, 0.25) is 0 Å². The molecule has 5 heteroatoms. The summed E-state index contributed by atoms with van der Waals surface area (Å²) in [6.45, 7) is 1.34. The van der Waals surface area contributed by atoms with E-state index in [-0.39, 0.29) is 17.8 Å². The summed E-state index contributed by atoms with van der Waals surface area (Å²) < 4.78 is 19.7. The van der Waals surface area contributed by atoms with Gasteiger partial charge in [0.2, 0.25) is 5.91 Å². The van der Waals surface area contributed by atoms with Crippen LogP contribution in [0.3, 0.4) is 0 Å². The monoisotopic (exact) mass is 329 g/mol. The summed E-state index contributed by atoms with van der Waals surface area (Å²) in [5.41, 5.74) is 0.565. The van der Waals surface area contributed by atoms with Crippen molar-refractivity contribution in [2.24, 2.45) is 0 Å². The van der Waals surface area contributed by atoms with Gasteiger partial charge < -0.3 is 10.1 Å². The van der Waals surface area contributed by atoms with E-state index in [1.807, 2.05) is 0 Å². The van der Waals surface area contributed by atoms with E-state index >= 15 is 0 Å². The van der Waals surface area contributed by atoms with Crippen molar-refractivity contribution in [1.82, 2.24) is 5.32 Å². The Balaban J connectivity index is 1.73. The number of halogens is 2. The number of hydrogen-bond acceptors (Lipinski definition) is 2. The number of aryl methyl sites for hydroxylation is 1. The molecule has 2 rings (SSSR count). The summed E-state index contributed by atoms with van der Waals surface area (Å²) in [5.74, 6) is -0.334. The zero-order valence-electron chi connectivity index (χ0n) is 10.6. The van der Waals surface area contributed by atoms with Gasteiger partial charge >= 0.3 is 0 Å². The Hall–Kier alpha value is -0.940. The van der Waals surface area contributed by atoms with Gasteiger partial charge in [-0.25, -0.2) is 4.39 Å². The first-order valence-corrected chi connectivity index (χ1v) is 7.26. The third-order valence-corrected chi connectivity index (χ3v) is 3.68. The molecule has 0 unspecified atom stereocenters. The van der Waals surface area contributed by atoms with E-state index in [9.17, 15) is 9.18 Å². The predicted molar refractivity (Wildman–Crippen MR) is 74.4 cm³/mol. The van der Waals surface area contributed by atoms with Gasteiger partial charge in [0.05, 0.1) is 6.10 Å². The molecule has 19 heavy (non-hydrogen) atoms. The fraction of sp³-hybridized carbons (Fsp3) is 0.500. The minimum Gasteiger partial charge on any atom is -0.376 e. The molecule has 104 valence electrons. The summed E-state index contributed by atoms with van der Waals surface area (Å²) in [6, 6.07) is 4.90. The molecule has 3 nitrogen and oxygen atoms in total. The highest BCUT2D eigenvalue weighted by Crippen LogP contribution is 2.16. The van der Waals surface area contributed by atoms with Crippen LogP contribution in [0.5, 0.6) is 0 Å². The lowest BCUT2D eigenvalue weighted by molar-refractivity contribution is -0.121. The van der Waals surface area contributed by atoms with E-state index < -0.39 is 0 Å². The molecule has 1 fully saturated rings. The Kier molecular flexibility index (Phi) is 5.34. The van der Waals surface area contributed by atoms with Crippen LogP contribution in [0.4, 0.5) is 4.39 Å². The fourth-order valence-corrected chi connectivity index (χ4v) is 2.43. The quantitative estimate of drug-likeness (QED) is 0.902. The van der Waals surface area contributed by atoms with Crippen LogP contribution in [0.15, 0.2) is 22.7 Å². The molecule has 1 aliphatic rings. The summed E-state index contributed by atoms with van der Waals surface area (Å²) in [4.78, 5) is 11.7. The maximum absolute atomic E-state index is 13.6. The molecule has 1 N–H and O–H groups in total. The van der Waals surface area contributed by atoms with Crippen LogP contribution in [-0.2, 0) is 16.0 Å². The molecular formula is C14H17BrFNO2. The second kappa shape index (κ2) is 7.01. The highest BCUT2D eigenvalue weighted by Gasteiger charge is 2.16. The first-order chi connectivity index (χ1) is 9.15. The van der Waals surface area contributed by atoms with Crippen LogP contribution in [0.25, 0.3) is 0 Å². The normalized spacial score (nSPS) is 18.5. The van der Waals surface area contributed by atoms with Gasteiger partial charge in [-0.05, 0) is 37.0 Å². The number of nitrogens with one attached hydrogen (secondary N) is 1. The number of rotatable bonds is 5. The Morgan fingerprint density at radius 2 is 2.37 bits per heavy atom. The largest absolute Gasteiger partial charge is 0.376 e. The van der Waals surface area contributed by atoms with Gasteiger partial charge in [0.15, 0.2) is 0 Å². The predicted octanol–water partition coefficient (Wildman–Crippen LogP) is 2.82. The maximum atomic E-state index is 13.6. The highest BCUT2D eigenvalue weighted by molar-refractivity contribution is 9.10. The van der Waals surface area contributed by atoms with Crippen molar-refractivity contribution >= 4 is 21.8 Å². The average Bonchev–Trinajstić information content (AvgIpc) is 2.88. The zero-order chi connectivity index (χ0) is 13.7. The van der Waals surface area contributed by atoms with E-state index in [0.717, 1.165) is 19.4 Å². The molecule has 1 aromatic rings. The number of carbonyl (C=O) groups excluding carboxylic acids is 1. The lowest BCUT2D eigenvalue weighted by atomic mass is 10.1. The van der Waals surface area contributed by atoms with Crippen molar-refractivity contribution < 1.29 is 13.9 Å². The number of ether oxygens (including phenoxy) is 1. The molecule has 1 heterocycles. The molecule has 0 spiro atoms. The van der Waals surface area contributed by atoms with E-state index in [1.54, 1.807) is 12.1 Å². The lowest BCUT2D eigenvalue weighted by Crippen LogP contribution is -2.31. The van der Waals surface area contributed by atoms with E-state index in [4.69, 9.17) is 4.74 Å². The van der Waals surface area contributed by atoms with Gasteiger partial charge in [0, 0.05) is 24.0 Å². The summed E-state index contributed by atoms with van der Waals surface area (Å²) in [6.07, 6.45) is 2.92. The zero-order valence-corrected chi connectivity index (χ0v) is 12.2. The Morgan fingerprint density at radius 3 is 3.05 bits per heavy atom. The number of carbonyl (C=O) groups is 1. The topological polar surface area (TPSA) is 38.3 Å². The SMILES string of the molecule is O=C(CCc1ccc(Br)cc1F)NC[C@@H]1CCCO1. The number of hydrogen-bond donors (Lipinski definition) is 1. The first kappa shape index (κ1) is 14.5. The van der Waals surface area contributed by atoms with Crippen LogP contribution >= 0.6 is 15.9 Å². The van der Waals surface area contributed by atoms with Crippen molar-refractivity contribution in [1.29, 1.82) is 0 Å². The van der Waals surface area contributed by atoms with Crippen molar-refractivity contribution in [2.75, 3.05) is 13.2 Å². The van der Waals surface area contributed by atoms with Gasteiger partial charge in [-0.2, -0.15) is 0 Å². The molecule has 1 saturated heterocycles. The third-order valence-electron chi connectivity index (χ3n) is 3.19. The molecule has 1 amide bonds. The average molecular weight is 330 g/mol. The minimum atomic E-state index is -0.277. The highest BCUT2D eigenvalue weighted by atomic mass is 79.9. The van der Waals surface area contributed by atoms with E-state index in [1.165, 1.54) is 6.07 Å². The van der Waals surface area contributed by atoms with E-state index in [2.05, 4.69) is 21.2 Å². The van der Waals surface area contributed by atoms with Gasteiger partial charge in [0.1, 0.15) is 5.82 Å². The second-order valence-corrected chi connectivity index (χ2v) is 5.59. The summed E-state index contributed by atoms with van der Waals surface area (Å²) in [7, 11) is 0. The van der Waals surface area contributed by atoms with Crippen molar-refractivity contribution in [3.63, 3.8) is 0 Å². The van der Waals surface area contributed by atoms with Gasteiger partial charge in [-0.15, -0.1) is 0 Å². The third kappa shape index (κ3) is 4.58. The van der Waals surface area contributed by atoms with Crippen LogP contribution in [-0.4, -0.2) is 25.2 Å². The van der Waals surface area contributed by atoms with Crippen molar-refractivity contribution in [2.45, 2.75) is 31.8 Å². The first-order valence-electron chi connectivity index (χ1n) is 6.47.